The van der Waals surface area contributed by atoms with Crippen LogP contribution in [0.2, 0.25) is 0 Å². The van der Waals surface area contributed by atoms with Crippen LogP contribution in [0.3, 0.4) is 0 Å². The number of nitrogens with zero attached hydrogens (tertiary/aromatic N) is 4. The number of amides is 1. The summed E-state index contributed by atoms with van der Waals surface area (Å²) in [6.07, 6.45) is 5.19. The lowest BCUT2D eigenvalue weighted by molar-refractivity contribution is 0.1000. The minimum atomic E-state index is -0.413. The summed E-state index contributed by atoms with van der Waals surface area (Å²) in [5.74, 6) is 1.73. The van der Waals surface area contributed by atoms with Gasteiger partial charge in [0, 0.05) is 37.4 Å². The number of ether oxygens (including phenoxy) is 1. The molecular formula is C30H30N6O3. The largest absolute Gasteiger partial charge is 0.464 e. The number of aromatic nitrogens is 2. The Morgan fingerprint density at radius 1 is 1.18 bits per heavy atom. The van der Waals surface area contributed by atoms with E-state index in [1.807, 2.05) is 38.1 Å². The average molecular weight is 523 g/mol. The second kappa shape index (κ2) is 11.4. The van der Waals surface area contributed by atoms with Crippen molar-refractivity contribution in [1.82, 2.24) is 14.9 Å². The number of carbonyl (C=O) groups excluding carboxylic acids is 1. The third-order valence-electron chi connectivity index (χ3n) is 6.89. The molecular weight excluding hydrogens is 492 g/mol. The number of carbonyl (C=O) groups is 1. The van der Waals surface area contributed by atoms with Crippen LogP contribution in [0.15, 0.2) is 65.4 Å². The Balaban J connectivity index is 1.28. The molecule has 9 nitrogen and oxygen atoms in total. The van der Waals surface area contributed by atoms with Gasteiger partial charge in [0.1, 0.15) is 11.5 Å². The molecule has 2 aromatic heterocycles. The molecule has 1 aliphatic heterocycles. The number of anilines is 1. The first-order valence-corrected chi connectivity index (χ1v) is 12.9. The molecule has 0 aliphatic carbocycles. The van der Waals surface area contributed by atoms with E-state index in [9.17, 15) is 10.1 Å². The quantitative estimate of drug-likeness (QED) is 0.323. The molecule has 9 heteroatoms. The lowest BCUT2D eigenvalue weighted by Crippen LogP contribution is -2.39. The predicted molar refractivity (Wildman–Crippen MR) is 147 cm³/mol. The van der Waals surface area contributed by atoms with Gasteiger partial charge in [-0.05, 0) is 79.8 Å². The number of piperidine rings is 1. The van der Waals surface area contributed by atoms with Crippen LogP contribution < -0.4 is 15.8 Å². The number of hydrogen-bond donors (Lipinski definition) is 2. The molecule has 0 radical (unpaired) electrons. The number of furan rings is 1. The Kier molecular flexibility index (Phi) is 7.57. The van der Waals surface area contributed by atoms with Gasteiger partial charge in [0.2, 0.25) is 17.7 Å². The number of rotatable bonds is 8. The number of nitriles is 1. The highest BCUT2D eigenvalue weighted by Gasteiger charge is 2.22. The maximum atomic E-state index is 11.3. The molecule has 3 N–H and O–H groups in total. The van der Waals surface area contributed by atoms with E-state index in [2.05, 4.69) is 21.3 Å². The lowest BCUT2D eigenvalue weighted by Gasteiger charge is -2.32. The summed E-state index contributed by atoms with van der Waals surface area (Å²) in [5, 5.41) is 12.8. The fourth-order valence-corrected chi connectivity index (χ4v) is 4.84. The summed E-state index contributed by atoms with van der Waals surface area (Å²) in [7, 11) is 0. The van der Waals surface area contributed by atoms with Crippen LogP contribution >= 0.6 is 0 Å². The number of likely N-dealkylation sites (tertiary alicyclic amines) is 1. The summed E-state index contributed by atoms with van der Waals surface area (Å²) in [6, 6.07) is 17.1. The van der Waals surface area contributed by atoms with Crippen molar-refractivity contribution in [1.29, 1.82) is 5.26 Å². The number of primary amides is 1. The van der Waals surface area contributed by atoms with Crippen molar-refractivity contribution in [2.75, 3.05) is 18.4 Å². The molecule has 3 heterocycles. The maximum absolute atomic E-state index is 11.3. The molecule has 4 aromatic rings. The lowest BCUT2D eigenvalue weighted by atomic mass is 10.0. The first-order valence-electron chi connectivity index (χ1n) is 12.9. The van der Waals surface area contributed by atoms with Gasteiger partial charge in [-0.3, -0.25) is 9.69 Å². The van der Waals surface area contributed by atoms with Gasteiger partial charge in [0.15, 0.2) is 0 Å². The van der Waals surface area contributed by atoms with Crippen LogP contribution in [0.5, 0.6) is 11.6 Å². The second-order valence-electron chi connectivity index (χ2n) is 9.80. The van der Waals surface area contributed by atoms with Crippen LogP contribution in [-0.4, -0.2) is 39.9 Å². The second-order valence-corrected chi connectivity index (χ2v) is 9.80. The number of aryl methyl sites for hydroxylation is 2. The molecule has 2 aromatic carbocycles. The Morgan fingerprint density at radius 3 is 2.51 bits per heavy atom. The third-order valence-corrected chi connectivity index (χ3v) is 6.89. The number of nitrogens with two attached hydrogens (primary N) is 1. The van der Waals surface area contributed by atoms with Crippen molar-refractivity contribution >= 4 is 11.9 Å². The van der Waals surface area contributed by atoms with Gasteiger partial charge in [0.05, 0.1) is 23.5 Å². The van der Waals surface area contributed by atoms with Crippen molar-refractivity contribution in [2.45, 2.75) is 39.3 Å². The highest BCUT2D eigenvalue weighted by molar-refractivity contribution is 5.92. The van der Waals surface area contributed by atoms with E-state index in [1.54, 1.807) is 36.7 Å². The topological polar surface area (TPSA) is 130 Å². The number of nitrogens with one attached hydrogen (secondary N) is 1. The fraction of sp³-hybridized carbons (Fsp3) is 0.267. The average Bonchev–Trinajstić information content (AvgIpc) is 3.47. The molecule has 0 unspecified atom stereocenters. The first-order chi connectivity index (χ1) is 18.9. The molecule has 5 rings (SSSR count). The van der Waals surface area contributed by atoms with Crippen molar-refractivity contribution in [3.05, 3.63) is 88.8 Å². The van der Waals surface area contributed by atoms with Gasteiger partial charge in [0.25, 0.3) is 0 Å². The van der Waals surface area contributed by atoms with Gasteiger partial charge in [-0.15, -0.1) is 0 Å². The molecule has 0 atom stereocenters. The molecule has 198 valence electrons. The zero-order valence-electron chi connectivity index (χ0n) is 22.0. The van der Waals surface area contributed by atoms with Crippen molar-refractivity contribution in [2.24, 2.45) is 5.73 Å². The highest BCUT2D eigenvalue weighted by Crippen LogP contribution is 2.35. The third kappa shape index (κ3) is 6.08. The van der Waals surface area contributed by atoms with Gasteiger partial charge in [-0.1, -0.05) is 12.1 Å². The van der Waals surface area contributed by atoms with E-state index in [0.717, 1.165) is 49.2 Å². The first kappa shape index (κ1) is 25.9. The monoisotopic (exact) mass is 522 g/mol. The van der Waals surface area contributed by atoms with Crippen molar-refractivity contribution in [3.8, 4) is 29.0 Å². The summed E-state index contributed by atoms with van der Waals surface area (Å²) < 4.78 is 11.9. The van der Waals surface area contributed by atoms with Gasteiger partial charge in [-0.2, -0.15) is 10.2 Å². The smallest absolute Gasteiger partial charge is 0.248 e. The maximum Gasteiger partial charge on any atom is 0.248 e. The fourth-order valence-electron chi connectivity index (χ4n) is 4.84. The Bertz CT molecular complexity index is 1480. The van der Waals surface area contributed by atoms with Crippen LogP contribution in [-0.2, 0) is 6.54 Å². The van der Waals surface area contributed by atoms with E-state index in [0.29, 0.717) is 40.0 Å². The summed E-state index contributed by atoms with van der Waals surface area (Å²) in [4.78, 5) is 23.0. The van der Waals surface area contributed by atoms with Crippen molar-refractivity contribution < 1.29 is 13.9 Å². The van der Waals surface area contributed by atoms with Gasteiger partial charge in [-0.25, -0.2) is 4.98 Å². The molecule has 0 saturated carbocycles. The molecule has 39 heavy (non-hydrogen) atoms. The predicted octanol–water partition coefficient (Wildman–Crippen LogP) is 5.19. The van der Waals surface area contributed by atoms with Crippen LogP contribution in [0.25, 0.3) is 11.3 Å². The minimum absolute atomic E-state index is 0.221. The Morgan fingerprint density at radius 2 is 1.90 bits per heavy atom. The van der Waals surface area contributed by atoms with Crippen molar-refractivity contribution in [3.63, 3.8) is 0 Å². The van der Waals surface area contributed by atoms with Gasteiger partial charge >= 0.3 is 0 Å². The molecule has 1 amide bonds. The highest BCUT2D eigenvalue weighted by atomic mass is 16.5. The van der Waals surface area contributed by atoms with E-state index >= 15 is 0 Å². The van der Waals surface area contributed by atoms with E-state index < -0.39 is 5.91 Å². The SMILES string of the molecule is Cc1cc(C#N)cc(C)c1Oc1nc(NC2CCN(Cc3ccc(C(N)=O)cc3)CC2)ncc1-c1ccco1. The van der Waals surface area contributed by atoms with Crippen LogP contribution in [0.1, 0.15) is 45.5 Å². The number of hydrogen-bond acceptors (Lipinski definition) is 8. The molecule has 1 aliphatic rings. The molecule has 0 bridgehead atoms. The van der Waals surface area contributed by atoms with E-state index in [4.69, 9.17) is 19.9 Å². The summed E-state index contributed by atoms with van der Waals surface area (Å²) in [5.41, 5.74) is 9.94. The molecule has 1 fully saturated rings. The molecule has 0 spiro atoms. The summed E-state index contributed by atoms with van der Waals surface area (Å²) >= 11 is 0. The van der Waals surface area contributed by atoms with E-state index in [-0.39, 0.29) is 6.04 Å². The number of benzene rings is 2. The van der Waals surface area contributed by atoms with Crippen LogP contribution in [0.4, 0.5) is 5.95 Å². The standard InChI is InChI=1S/C30H30N6O3/c1-19-14-22(16-31)15-20(2)27(19)39-29-25(26-4-3-13-38-26)17-33-30(35-29)34-24-9-11-36(12-10-24)18-21-5-7-23(8-6-21)28(32)37/h3-8,13-15,17,24H,9-12,18H2,1-2H3,(H2,32,37)(H,33,34,35). The van der Waals surface area contributed by atoms with Gasteiger partial charge < -0.3 is 20.2 Å². The Labute approximate surface area is 227 Å². The normalized spacial score (nSPS) is 14.1. The zero-order chi connectivity index (χ0) is 27.4. The Hall–Kier alpha value is -4.68. The van der Waals surface area contributed by atoms with E-state index in [1.165, 1.54) is 0 Å². The van der Waals surface area contributed by atoms with Crippen LogP contribution in [0, 0.1) is 25.2 Å². The minimum Gasteiger partial charge on any atom is -0.464 e. The summed E-state index contributed by atoms with van der Waals surface area (Å²) in [6.45, 7) is 6.49. The zero-order valence-corrected chi connectivity index (χ0v) is 22.0. The molecule has 1 saturated heterocycles.